The van der Waals surface area contributed by atoms with E-state index in [1.54, 1.807) is 18.2 Å². The number of carbonyl (C=O) groups is 1. The number of hydrogen-bond donors (Lipinski definition) is 2. The molecule has 0 fully saturated rings. The second-order valence-corrected chi connectivity index (χ2v) is 7.60. The van der Waals surface area contributed by atoms with Gasteiger partial charge in [0.25, 0.3) is 11.2 Å². The fourth-order valence-corrected chi connectivity index (χ4v) is 3.14. The van der Waals surface area contributed by atoms with Crippen molar-refractivity contribution >= 4 is 17.4 Å². The maximum absolute atomic E-state index is 12.7. The molecule has 1 amide bonds. The van der Waals surface area contributed by atoms with Gasteiger partial charge in [-0.05, 0) is 23.6 Å². The van der Waals surface area contributed by atoms with Crippen molar-refractivity contribution in [2.75, 3.05) is 5.32 Å². The Labute approximate surface area is 187 Å². The van der Waals surface area contributed by atoms with E-state index in [1.807, 2.05) is 13.8 Å². The normalized spacial score (nSPS) is 11.0. The van der Waals surface area contributed by atoms with Crippen LogP contribution in [-0.2, 0) is 11.2 Å². The smallest absolute Gasteiger partial charge is 0.269 e. The molecule has 11 heteroatoms. The van der Waals surface area contributed by atoms with E-state index in [0.29, 0.717) is 22.7 Å². The Morgan fingerprint density at radius 3 is 2.64 bits per heavy atom. The van der Waals surface area contributed by atoms with Crippen LogP contribution < -0.4 is 10.9 Å². The molecule has 0 aliphatic heterocycles. The summed E-state index contributed by atoms with van der Waals surface area (Å²) in [7, 11) is 0. The number of H-pyrrole nitrogens is 1. The van der Waals surface area contributed by atoms with E-state index in [1.165, 1.54) is 41.3 Å². The van der Waals surface area contributed by atoms with Crippen LogP contribution in [0.15, 0.2) is 64.0 Å². The number of benzene rings is 1. The highest BCUT2D eigenvalue weighted by molar-refractivity contribution is 5.92. The van der Waals surface area contributed by atoms with E-state index in [0.717, 1.165) is 0 Å². The zero-order valence-electron chi connectivity index (χ0n) is 17.8. The van der Waals surface area contributed by atoms with E-state index in [-0.39, 0.29) is 41.3 Å². The number of nitrogens with zero attached hydrogens (tertiary/aromatic N) is 4. The summed E-state index contributed by atoms with van der Waals surface area (Å²) in [5.74, 6) is 0.527. The van der Waals surface area contributed by atoms with E-state index >= 15 is 0 Å². The molecule has 0 aliphatic rings. The van der Waals surface area contributed by atoms with Crippen molar-refractivity contribution in [3.63, 3.8) is 0 Å². The molecule has 4 aromatic rings. The first kappa shape index (κ1) is 21.7. The Bertz CT molecular complexity index is 1350. The van der Waals surface area contributed by atoms with Crippen molar-refractivity contribution in [2.45, 2.75) is 26.2 Å². The fraction of sp³-hybridized carbons (Fsp3) is 0.182. The standard InChI is InChI=1S/C22H20N6O5/c1-13(2)16-12-21(30)25-22(23-16)27-19(11-17(26-27)18-4-3-9-33-18)24-20(29)10-14-5-7-15(8-6-14)28(31)32/h3-9,11-13H,10H2,1-2H3,(H,24,29)(H,23,25,30). The lowest BCUT2D eigenvalue weighted by Crippen LogP contribution is -2.20. The first-order chi connectivity index (χ1) is 15.8. The highest BCUT2D eigenvalue weighted by Crippen LogP contribution is 2.24. The summed E-state index contributed by atoms with van der Waals surface area (Å²) in [6, 6.07) is 12.2. The highest BCUT2D eigenvalue weighted by Gasteiger charge is 2.18. The molecule has 4 rings (SSSR count). The zero-order valence-corrected chi connectivity index (χ0v) is 17.8. The largest absolute Gasteiger partial charge is 0.463 e. The van der Waals surface area contributed by atoms with Crippen molar-refractivity contribution in [1.29, 1.82) is 0 Å². The Morgan fingerprint density at radius 2 is 2.00 bits per heavy atom. The molecular weight excluding hydrogens is 428 g/mol. The molecule has 0 atom stereocenters. The quantitative estimate of drug-likeness (QED) is 0.325. The SMILES string of the molecule is CC(C)c1cc(=O)[nH]c(-n2nc(-c3ccco3)cc2NC(=O)Cc2ccc([N+](=O)[O-])cc2)n1. The molecule has 0 aliphatic carbocycles. The number of non-ortho nitro benzene ring substituents is 1. The number of aromatic amines is 1. The van der Waals surface area contributed by atoms with Crippen LogP contribution in [0.5, 0.6) is 0 Å². The topological polar surface area (TPSA) is 149 Å². The molecule has 0 spiro atoms. The third-order valence-corrected chi connectivity index (χ3v) is 4.80. The molecule has 0 radical (unpaired) electrons. The number of hydrogen-bond acceptors (Lipinski definition) is 7. The van der Waals surface area contributed by atoms with Crippen molar-refractivity contribution in [1.82, 2.24) is 19.7 Å². The van der Waals surface area contributed by atoms with Gasteiger partial charge in [0, 0.05) is 24.3 Å². The lowest BCUT2D eigenvalue weighted by Gasteiger charge is -2.10. The van der Waals surface area contributed by atoms with Crippen molar-refractivity contribution in [3.8, 4) is 17.4 Å². The van der Waals surface area contributed by atoms with Crippen LogP contribution in [0, 0.1) is 10.1 Å². The minimum absolute atomic E-state index is 0.00587. The number of furan rings is 1. The number of nitrogens with one attached hydrogen (secondary N) is 2. The van der Waals surface area contributed by atoms with E-state index in [2.05, 4.69) is 20.4 Å². The minimum Gasteiger partial charge on any atom is -0.463 e. The van der Waals surface area contributed by atoms with Crippen LogP contribution in [-0.4, -0.2) is 30.6 Å². The monoisotopic (exact) mass is 448 g/mol. The maximum atomic E-state index is 12.7. The number of nitro benzene ring substituents is 1. The molecule has 168 valence electrons. The zero-order chi connectivity index (χ0) is 23.5. The van der Waals surface area contributed by atoms with Gasteiger partial charge < -0.3 is 9.73 Å². The third kappa shape index (κ3) is 4.87. The lowest BCUT2D eigenvalue weighted by atomic mass is 10.1. The maximum Gasteiger partial charge on any atom is 0.269 e. The molecule has 2 N–H and O–H groups in total. The van der Waals surface area contributed by atoms with Crippen LogP contribution >= 0.6 is 0 Å². The van der Waals surface area contributed by atoms with Gasteiger partial charge in [-0.25, -0.2) is 4.98 Å². The predicted molar refractivity (Wildman–Crippen MR) is 119 cm³/mol. The molecule has 3 aromatic heterocycles. The van der Waals surface area contributed by atoms with Crippen LogP contribution in [0.1, 0.15) is 31.0 Å². The predicted octanol–water partition coefficient (Wildman–Crippen LogP) is 3.43. The Kier molecular flexibility index (Phi) is 5.85. The molecule has 11 nitrogen and oxygen atoms in total. The van der Waals surface area contributed by atoms with Crippen LogP contribution in [0.2, 0.25) is 0 Å². The minimum atomic E-state index is -0.502. The number of amides is 1. The van der Waals surface area contributed by atoms with E-state index < -0.39 is 4.92 Å². The number of nitro groups is 1. The van der Waals surface area contributed by atoms with Gasteiger partial charge in [-0.2, -0.15) is 9.78 Å². The Morgan fingerprint density at radius 1 is 1.24 bits per heavy atom. The van der Waals surface area contributed by atoms with Crippen molar-refractivity contribution in [2.24, 2.45) is 0 Å². The third-order valence-electron chi connectivity index (χ3n) is 4.80. The molecule has 0 bridgehead atoms. The van der Waals surface area contributed by atoms with E-state index in [4.69, 9.17) is 4.42 Å². The molecule has 0 saturated heterocycles. The Balaban J connectivity index is 1.66. The molecular formula is C22H20N6O5. The lowest BCUT2D eigenvalue weighted by molar-refractivity contribution is -0.384. The van der Waals surface area contributed by atoms with Crippen molar-refractivity contribution in [3.05, 3.63) is 86.5 Å². The van der Waals surface area contributed by atoms with Gasteiger partial charge in [-0.15, -0.1) is 0 Å². The first-order valence-corrected chi connectivity index (χ1v) is 10.1. The summed E-state index contributed by atoms with van der Waals surface area (Å²) in [4.78, 5) is 42.3. The first-order valence-electron chi connectivity index (χ1n) is 10.1. The van der Waals surface area contributed by atoms with Gasteiger partial charge in [-0.1, -0.05) is 26.0 Å². The molecule has 33 heavy (non-hydrogen) atoms. The summed E-state index contributed by atoms with van der Waals surface area (Å²) >= 11 is 0. The average Bonchev–Trinajstić information content (AvgIpc) is 3.43. The summed E-state index contributed by atoms with van der Waals surface area (Å²) in [5.41, 5.74) is 1.21. The fourth-order valence-electron chi connectivity index (χ4n) is 3.14. The van der Waals surface area contributed by atoms with Gasteiger partial charge in [0.15, 0.2) is 5.76 Å². The summed E-state index contributed by atoms with van der Waals surface area (Å²) in [5, 5.41) is 18.0. The molecule has 0 unspecified atom stereocenters. The number of carbonyl (C=O) groups excluding carboxylic acids is 1. The summed E-state index contributed by atoms with van der Waals surface area (Å²) in [6.07, 6.45) is 1.48. The average molecular weight is 448 g/mol. The number of rotatable bonds is 7. The van der Waals surface area contributed by atoms with Crippen LogP contribution in [0.25, 0.3) is 17.4 Å². The van der Waals surface area contributed by atoms with Crippen LogP contribution in [0.4, 0.5) is 11.5 Å². The summed E-state index contributed by atoms with van der Waals surface area (Å²) in [6.45, 7) is 3.83. The second-order valence-electron chi connectivity index (χ2n) is 7.60. The number of anilines is 1. The van der Waals surface area contributed by atoms with E-state index in [9.17, 15) is 19.7 Å². The van der Waals surface area contributed by atoms with Crippen LogP contribution in [0.3, 0.4) is 0 Å². The molecule has 3 heterocycles. The van der Waals surface area contributed by atoms with Gasteiger partial charge in [0.05, 0.1) is 23.3 Å². The van der Waals surface area contributed by atoms with Gasteiger partial charge >= 0.3 is 0 Å². The molecule has 0 saturated carbocycles. The highest BCUT2D eigenvalue weighted by atomic mass is 16.6. The van der Waals surface area contributed by atoms with Gasteiger partial charge in [-0.3, -0.25) is 24.7 Å². The summed E-state index contributed by atoms with van der Waals surface area (Å²) < 4.78 is 6.74. The van der Waals surface area contributed by atoms with Gasteiger partial charge in [0.2, 0.25) is 11.9 Å². The number of aromatic nitrogens is 4. The van der Waals surface area contributed by atoms with Gasteiger partial charge in [0.1, 0.15) is 11.5 Å². The van der Waals surface area contributed by atoms with Crippen molar-refractivity contribution < 1.29 is 14.1 Å². The molecule has 1 aromatic carbocycles. The second kappa shape index (κ2) is 8.91. The Hall–Kier alpha value is -4.54.